The zero-order valence-electron chi connectivity index (χ0n) is 13.5. The minimum Gasteiger partial charge on any atom is -0.467 e. The summed E-state index contributed by atoms with van der Waals surface area (Å²) >= 11 is 0. The highest BCUT2D eigenvalue weighted by atomic mass is 16.5. The molecule has 1 aliphatic rings. The molecule has 120 valence electrons. The van der Waals surface area contributed by atoms with Gasteiger partial charge in [-0.3, -0.25) is 4.98 Å². The van der Waals surface area contributed by atoms with Crippen LogP contribution < -0.4 is 5.32 Å². The smallest absolute Gasteiger partial charge is 0.328 e. The Kier molecular flexibility index (Phi) is 4.23. The normalized spacial score (nSPS) is 15.1. The second-order valence-electron chi connectivity index (χ2n) is 5.83. The van der Waals surface area contributed by atoms with Crippen LogP contribution in [0.2, 0.25) is 0 Å². The van der Waals surface area contributed by atoms with Gasteiger partial charge in [0.25, 0.3) is 0 Å². The highest BCUT2D eigenvalue weighted by molar-refractivity contribution is 5.79. The van der Waals surface area contributed by atoms with Crippen molar-refractivity contribution in [2.24, 2.45) is 5.92 Å². The molecule has 0 aliphatic heterocycles. The molecule has 0 bridgehead atoms. The zero-order valence-corrected chi connectivity index (χ0v) is 13.5. The number of nitrogens with zero attached hydrogens (tertiary/aromatic N) is 3. The minimum atomic E-state index is -0.382. The predicted molar refractivity (Wildman–Crippen MR) is 86.9 cm³/mol. The minimum absolute atomic E-state index is 0.269. The van der Waals surface area contributed by atoms with Gasteiger partial charge in [-0.1, -0.05) is 0 Å². The summed E-state index contributed by atoms with van der Waals surface area (Å²) in [5, 5.41) is 3.12. The summed E-state index contributed by atoms with van der Waals surface area (Å²) in [5.41, 5.74) is 3.63. The number of methoxy groups -OCH3 is 1. The quantitative estimate of drug-likeness (QED) is 0.855. The molecule has 23 heavy (non-hydrogen) atoms. The Bertz CT molecular complexity index is 728. The van der Waals surface area contributed by atoms with Crippen LogP contribution in [0.1, 0.15) is 24.2 Å². The molecule has 1 saturated carbocycles. The first-order valence-corrected chi connectivity index (χ1v) is 7.70. The second-order valence-corrected chi connectivity index (χ2v) is 5.83. The lowest BCUT2D eigenvalue weighted by atomic mass is 10.1. The van der Waals surface area contributed by atoms with E-state index in [4.69, 9.17) is 4.74 Å². The van der Waals surface area contributed by atoms with Crippen LogP contribution in [0.4, 0.5) is 5.95 Å². The van der Waals surface area contributed by atoms with Gasteiger partial charge in [-0.2, -0.15) is 0 Å². The molecule has 0 amide bonds. The van der Waals surface area contributed by atoms with E-state index in [9.17, 15) is 4.79 Å². The standard InChI is InChI=1S/C17H20N4O2/c1-10-4-7-13(11(2)19-10)14-8-9-18-17(20-14)21-15(12-5-6-12)16(22)23-3/h4,7-9,12,15H,5-6H2,1-3H3,(H,18,20,21)/t15-/m0/s1. The SMILES string of the molecule is COC(=O)[C@@H](Nc1nccc(-c2ccc(C)nc2C)n1)C1CC1. The molecular weight excluding hydrogens is 292 g/mol. The molecule has 0 saturated heterocycles. The van der Waals surface area contributed by atoms with E-state index in [1.54, 1.807) is 6.20 Å². The first-order valence-electron chi connectivity index (χ1n) is 7.70. The molecule has 6 nitrogen and oxygen atoms in total. The number of nitrogens with one attached hydrogen (secondary N) is 1. The Labute approximate surface area is 135 Å². The first-order chi connectivity index (χ1) is 11.1. The molecule has 1 fully saturated rings. The van der Waals surface area contributed by atoms with Gasteiger partial charge in [0.2, 0.25) is 5.95 Å². The Hall–Kier alpha value is -2.50. The number of carbonyl (C=O) groups is 1. The van der Waals surface area contributed by atoms with Crippen molar-refractivity contribution in [3.63, 3.8) is 0 Å². The number of hydrogen-bond donors (Lipinski definition) is 1. The maximum atomic E-state index is 11.9. The van der Waals surface area contributed by atoms with Gasteiger partial charge in [0, 0.05) is 23.1 Å². The molecule has 6 heteroatoms. The van der Waals surface area contributed by atoms with Gasteiger partial charge in [-0.15, -0.1) is 0 Å². The van der Waals surface area contributed by atoms with Crippen molar-refractivity contribution in [3.8, 4) is 11.3 Å². The Morgan fingerprint density at radius 1 is 1.26 bits per heavy atom. The molecule has 1 N–H and O–H groups in total. The van der Waals surface area contributed by atoms with Crippen molar-refractivity contribution in [1.82, 2.24) is 15.0 Å². The summed E-state index contributed by atoms with van der Waals surface area (Å²) in [6.07, 6.45) is 3.73. The third kappa shape index (κ3) is 3.47. The number of ether oxygens (including phenoxy) is 1. The topological polar surface area (TPSA) is 77.0 Å². The van der Waals surface area contributed by atoms with Crippen LogP contribution in [0, 0.1) is 19.8 Å². The number of rotatable bonds is 5. The fourth-order valence-electron chi connectivity index (χ4n) is 2.60. The van der Waals surface area contributed by atoms with Crippen molar-refractivity contribution >= 4 is 11.9 Å². The predicted octanol–water partition coefficient (Wildman–Crippen LogP) is 2.52. The number of carbonyl (C=O) groups excluding carboxylic acids is 1. The Morgan fingerprint density at radius 2 is 2.04 bits per heavy atom. The average Bonchev–Trinajstić information content (AvgIpc) is 3.37. The second kappa shape index (κ2) is 6.32. The molecular formula is C17H20N4O2. The van der Waals surface area contributed by atoms with Gasteiger partial charge in [0.1, 0.15) is 6.04 Å². The van der Waals surface area contributed by atoms with Crippen LogP contribution >= 0.6 is 0 Å². The van der Waals surface area contributed by atoms with Crippen molar-refractivity contribution < 1.29 is 9.53 Å². The summed E-state index contributed by atoms with van der Waals surface area (Å²) < 4.78 is 4.87. The van der Waals surface area contributed by atoms with Gasteiger partial charge in [0.15, 0.2) is 0 Å². The lowest BCUT2D eigenvalue weighted by Crippen LogP contribution is -2.33. The van der Waals surface area contributed by atoms with Crippen molar-refractivity contribution in [2.45, 2.75) is 32.7 Å². The number of esters is 1. The maximum Gasteiger partial charge on any atom is 0.328 e. The van der Waals surface area contributed by atoms with Crippen LogP contribution in [-0.2, 0) is 9.53 Å². The van der Waals surface area contributed by atoms with Gasteiger partial charge >= 0.3 is 5.97 Å². The van der Waals surface area contributed by atoms with E-state index in [1.165, 1.54) is 7.11 Å². The largest absolute Gasteiger partial charge is 0.467 e. The molecule has 1 atom stereocenters. The summed E-state index contributed by atoms with van der Waals surface area (Å²) in [5.74, 6) is 0.469. The summed E-state index contributed by atoms with van der Waals surface area (Å²) in [4.78, 5) is 25.1. The van der Waals surface area contributed by atoms with Crippen LogP contribution in [-0.4, -0.2) is 34.1 Å². The molecule has 0 radical (unpaired) electrons. The molecule has 0 spiro atoms. The number of hydrogen-bond acceptors (Lipinski definition) is 6. The van der Waals surface area contributed by atoms with E-state index in [0.717, 1.165) is 35.5 Å². The highest BCUT2D eigenvalue weighted by Gasteiger charge is 2.37. The fourth-order valence-corrected chi connectivity index (χ4v) is 2.60. The number of aryl methyl sites for hydroxylation is 2. The molecule has 0 aromatic carbocycles. The van der Waals surface area contributed by atoms with E-state index < -0.39 is 0 Å². The van der Waals surface area contributed by atoms with Gasteiger partial charge in [-0.25, -0.2) is 14.8 Å². The van der Waals surface area contributed by atoms with E-state index in [-0.39, 0.29) is 12.0 Å². The monoisotopic (exact) mass is 312 g/mol. The molecule has 1 aliphatic carbocycles. The molecule has 0 unspecified atom stereocenters. The van der Waals surface area contributed by atoms with Crippen LogP contribution in [0.3, 0.4) is 0 Å². The Morgan fingerprint density at radius 3 is 2.70 bits per heavy atom. The number of aromatic nitrogens is 3. The van der Waals surface area contributed by atoms with E-state index >= 15 is 0 Å². The maximum absolute atomic E-state index is 11.9. The van der Waals surface area contributed by atoms with Gasteiger partial charge < -0.3 is 10.1 Å². The Balaban J connectivity index is 1.86. The highest BCUT2D eigenvalue weighted by Crippen LogP contribution is 2.34. The van der Waals surface area contributed by atoms with E-state index in [2.05, 4.69) is 20.3 Å². The average molecular weight is 312 g/mol. The third-order valence-corrected chi connectivity index (χ3v) is 3.99. The van der Waals surface area contributed by atoms with Crippen molar-refractivity contribution in [2.75, 3.05) is 12.4 Å². The molecule has 2 aromatic rings. The van der Waals surface area contributed by atoms with Gasteiger partial charge in [0.05, 0.1) is 12.8 Å². The lowest BCUT2D eigenvalue weighted by Gasteiger charge is -2.16. The first kappa shape index (κ1) is 15.4. The van der Waals surface area contributed by atoms with E-state index in [0.29, 0.717) is 11.9 Å². The zero-order chi connectivity index (χ0) is 16.4. The van der Waals surface area contributed by atoms with Gasteiger partial charge in [-0.05, 0) is 50.8 Å². The summed E-state index contributed by atoms with van der Waals surface area (Å²) in [6, 6.07) is 5.42. The molecule has 2 aromatic heterocycles. The van der Waals surface area contributed by atoms with Crippen molar-refractivity contribution in [1.29, 1.82) is 0 Å². The number of anilines is 1. The summed E-state index contributed by atoms with van der Waals surface area (Å²) in [6.45, 7) is 3.92. The van der Waals surface area contributed by atoms with Crippen molar-refractivity contribution in [3.05, 3.63) is 35.8 Å². The molecule has 2 heterocycles. The third-order valence-electron chi connectivity index (χ3n) is 3.99. The lowest BCUT2D eigenvalue weighted by molar-refractivity contribution is -0.142. The van der Waals surface area contributed by atoms with E-state index in [1.807, 2.05) is 32.0 Å². The van der Waals surface area contributed by atoms with Crippen LogP contribution in [0.15, 0.2) is 24.4 Å². The van der Waals surface area contributed by atoms with Crippen LogP contribution in [0.25, 0.3) is 11.3 Å². The molecule has 3 rings (SSSR count). The summed E-state index contributed by atoms with van der Waals surface area (Å²) in [7, 11) is 1.40. The number of pyridine rings is 1. The fraction of sp³-hybridized carbons (Fsp3) is 0.412. The van der Waals surface area contributed by atoms with Crippen LogP contribution in [0.5, 0.6) is 0 Å².